The molecule has 1 aromatic rings. The molecule has 0 aliphatic carbocycles. The molecule has 1 aliphatic heterocycles. The molecule has 0 aromatic heterocycles. The van der Waals surface area contributed by atoms with Crippen LogP contribution in [0.5, 0.6) is 0 Å². The number of nitrogens with one attached hydrogen (secondary N) is 2. The maximum Gasteiger partial charge on any atom is 0.241 e. The van der Waals surface area contributed by atoms with Gasteiger partial charge in [-0.3, -0.25) is 0 Å². The highest BCUT2D eigenvalue weighted by atomic mass is 32.2. The van der Waals surface area contributed by atoms with E-state index in [2.05, 4.69) is 10.0 Å². The van der Waals surface area contributed by atoms with Crippen molar-refractivity contribution in [1.82, 2.24) is 10.0 Å². The van der Waals surface area contributed by atoms with Crippen molar-refractivity contribution in [2.45, 2.75) is 24.7 Å². The topological polar surface area (TPSA) is 82.0 Å². The normalized spacial score (nSPS) is 19.5. The number of benzene rings is 1. The molecule has 0 spiro atoms. The lowest BCUT2D eigenvalue weighted by Crippen LogP contribution is -2.38. The molecule has 0 unspecified atom stereocenters. The van der Waals surface area contributed by atoms with E-state index in [9.17, 15) is 8.42 Å². The molecule has 5 nitrogen and oxygen atoms in total. The van der Waals surface area contributed by atoms with Crippen molar-refractivity contribution in [2.75, 3.05) is 19.6 Å². The van der Waals surface area contributed by atoms with Crippen LogP contribution in [-0.4, -0.2) is 28.1 Å². The van der Waals surface area contributed by atoms with Gasteiger partial charge in [0.05, 0.1) is 10.5 Å². The van der Waals surface area contributed by atoms with Crippen LogP contribution in [0, 0.1) is 24.2 Å². The maximum atomic E-state index is 12.3. The van der Waals surface area contributed by atoms with Gasteiger partial charge in [-0.05, 0) is 50.4 Å². The first kappa shape index (κ1) is 15.0. The Hall–Kier alpha value is -1.42. The van der Waals surface area contributed by atoms with Gasteiger partial charge in [0, 0.05) is 6.54 Å². The quantitative estimate of drug-likeness (QED) is 0.872. The van der Waals surface area contributed by atoms with Crippen LogP contribution in [0.15, 0.2) is 23.1 Å². The minimum Gasteiger partial charge on any atom is -0.316 e. The Bertz CT molecular complexity index is 614. The van der Waals surface area contributed by atoms with Crippen LogP contribution in [0.25, 0.3) is 0 Å². The lowest BCUT2D eigenvalue weighted by Gasteiger charge is -2.23. The molecule has 0 saturated carbocycles. The van der Waals surface area contributed by atoms with E-state index < -0.39 is 10.0 Å². The molecule has 1 atom stereocenters. The first-order valence-corrected chi connectivity index (χ1v) is 8.23. The van der Waals surface area contributed by atoms with Crippen LogP contribution in [0.3, 0.4) is 0 Å². The van der Waals surface area contributed by atoms with Crippen molar-refractivity contribution in [2.24, 2.45) is 5.92 Å². The summed E-state index contributed by atoms with van der Waals surface area (Å²) in [7, 11) is -3.63. The van der Waals surface area contributed by atoms with Crippen LogP contribution in [0.4, 0.5) is 0 Å². The van der Waals surface area contributed by atoms with Gasteiger partial charge in [0.15, 0.2) is 0 Å². The molecule has 2 rings (SSSR count). The van der Waals surface area contributed by atoms with E-state index in [0.29, 0.717) is 18.0 Å². The summed E-state index contributed by atoms with van der Waals surface area (Å²) in [6.07, 6.45) is 2.09. The molecule has 20 heavy (non-hydrogen) atoms. The lowest BCUT2D eigenvalue weighted by molar-refractivity contribution is 0.376. The zero-order valence-corrected chi connectivity index (χ0v) is 12.3. The van der Waals surface area contributed by atoms with Crippen molar-refractivity contribution in [3.05, 3.63) is 29.3 Å². The van der Waals surface area contributed by atoms with Crippen molar-refractivity contribution < 1.29 is 8.42 Å². The summed E-state index contributed by atoms with van der Waals surface area (Å²) in [4.78, 5) is 0.0729. The Labute approximate surface area is 120 Å². The summed E-state index contributed by atoms with van der Waals surface area (Å²) in [5.41, 5.74) is 0.900. The lowest BCUT2D eigenvalue weighted by atomic mass is 10.0. The van der Waals surface area contributed by atoms with Gasteiger partial charge in [-0.1, -0.05) is 12.1 Å². The monoisotopic (exact) mass is 293 g/mol. The van der Waals surface area contributed by atoms with Gasteiger partial charge in [-0.2, -0.15) is 5.26 Å². The summed E-state index contributed by atoms with van der Waals surface area (Å²) >= 11 is 0. The third kappa shape index (κ3) is 3.37. The highest BCUT2D eigenvalue weighted by molar-refractivity contribution is 7.89. The van der Waals surface area contributed by atoms with Crippen molar-refractivity contribution >= 4 is 10.0 Å². The standard InChI is InChI=1S/C14H19N3O2S/c1-11-4-2-6-14(13(11)8-15)20(18,19)17-10-12-5-3-7-16-9-12/h2,4,6,12,16-17H,3,5,7,9-10H2,1H3/t12-/m0/s1. The fraction of sp³-hybridized carbons (Fsp3) is 0.500. The third-order valence-corrected chi connectivity index (χ3v) is 5.06. The molecule has 0 radical (unpaired) electrons. The summed E-state index contributed by atoms with van der Waals surface area (Å²) in [6, 6.07) is 6.85. The molecule has 2 N–H and O–H groups in total. The van der Waals surface area contributed by atoms with E-state index in [1.54, 1.807) is 19.1 Å². The second kappa shape index (κ2) is 6.35. The summed E-state index contributed by atoms with van der Waals surface area (Å²) in [5.74, 6) is 0.314. The van der Waals surface area contributed by atoms with Crippen LogP contribution in [0.1, 0.15) is 24.0 Å². The van der Waals surface area contributed by atoms with Gasteiger partial charge in [-0.15, -0.1) is 0 Å². The number of nitriles is 1. The van der Waals surface area contributed by atoms with Crippen molar-refractivity contribution in [1.29, 1.82) is 5.26 Å². The zero-order chi connectivity index (χ0) is 14.6. The molecule has 6 heteroatoms. The molecule has 1 fully saturated rings. The highest BCUT2D eigenvalue weighted by Crippen LogP contribution is 2.19. The number of aryl methyl sites for hydroxylation is 1. The molecule has 1 heterocycles. The van der Waals surface area contributed by atoms with Gasteiger partial charge in [0.25, 0.3) is 0 Å². The largest absolute Gasteiger partial charge is 0.316 e. The van der Waals surface area contributed by atoms with E-state index in [1.807, 2.05) is 6.07 Å². The number of hydrogen-bond acceptors (Lipinski definition) is 4. The first-order chi connectivity index (χ1) is 9.54. The number of piperidine rings is 1. The first-order valence-electron chi connectivity index (χ1n) is 6.74. The summed E-state index contributed by atoms with van der Waals surface area (Å²) < 4.78 is 27.3. The molecule has 108 valence electrons. The molecular formula is C14H19N3O2S. The minimum atomic E-state index is -3.63. The van der Waals surface area contributed by atoms with E-state index in [1.165, 1.54) is 6.07 Å². The fourth-order valence-corrected chi connectivity index (χ4v) is 3.76. The van der Waals surface area contributed by atoms with Crippen LogP contribution >= 0.6 is 0 Å². The van der Waals surface area contributed by atoms with Gasteiger partial charge < -0.3 is 5.32 Å². The van der Waals surface area contributed by atoms with Gasteiger partial charge >= 0.3 is 0 Å². The SMILES string of the molecule is Cc1cccc(S(=O)(=O)NC[C@H]2CCCNC2)c1C#N. The number of nitrogens with zero attached hydrogens (tertiary/aromatic N) is 1. The average Bonchev–Trinajstić information content (AvgIpc) is 2.46. The smallest absolute Gasteiger partial charge is 0.241 e. The maximum absolute atomic E-state index is 12.3. The second-order valence-corrected chi connectivity index (χ2v) is 6.86. The minimum absolute atomic E-state index is 0.0729. The third-order valence-electron chi connectivity index (χ3n) is 3.60. The van der Waals surface area contributed by atoms with Gasteiger partial charge in [0.1, 0.15) is 6.07 Å². The van der Waals surface area contributed by atoms with Crippen molar-refractivity contribution in [3.63, 3.8) is 0 Å². The van der Waals surface area contributed by atoms with Crippen LogP contribution < -0.4 is 10.0 Å². The van der Waals surface area contributed by atoms with Gasteiger partial charge in [0.2, 0.25) is 10.0 Å². The van der Waals surface area contributed by atoms with Crippen LogP contribution in [0.2, 0.25) is 0 Å². The van der Waals surface area contributed by atoms with E-state index in [0.717, 1.165) is 25.9 Å². The van der Waals surface area contributed by atoms with Crippen molar-refractivity contribution in [3.8, 4) is 6.07 Å². The predicted octanol–water partition coefficient (Wildman–Crippen LogP) is 1.14. The Morgan fingerprint density at radius 1 is 1.50 bits per heavy atom. The Morgan fingerprint density at radius 3 is 2.95 bits per heavy atom. The van der Waals surface area contributed by atoms with E-state index in [-0.39, 0.29) is 10.5 Å². The highest BCUT2D eigenvalue weighted by Gasteiger charge is 2.21. The Morgan fingerprint density at radius 2 is 2.30 bits per heavy atom. The Balaban J connectivity index is 2.14. The predicted molar refractivity (Wildman–Crippen MR) is 76.7 cm³/mol. The second-order valence-electron chi connectivity index (χ2n) is 5.12. The number of rotatable bonds is 4. The zero-order valence-electron chi connectivity index (χ0n) is 11.5. The number of hydrogen-bond donors (Lipinski definition) is 2. The van der Waals surface area contributed by atoms with E-state index in [4.69, 9.17) is 5.26 Å². The molecule has 1 aromatic carbocycles. The summed E-state index contributed by atoms with van der Waals surface area (Å²) in [5, 5.41) is 12.4. The average molecular weight is 293 g/mol. The molecule has 0 amide bonds. The van der Waals surface area contributed by atoms with E-state index >= 15 is 0 Å². The van der Waals surface area contributed by atoms with Gasteiger partial charge in [-0.25, -0.2) is 13.1 Å². The fourth-order valence-electron chi connectivity index (χ4n) is 2.41. The molecular weight excluding hydrogens is 274 g/mol. The Kier molecular flexibility index (Phi) is 4.76. The molecule has 0 bridgehead atoms. The molecule has 1 aliphatic rings. The summed E-state index contributed by atoms with van der Waals surface area (Å²) in [6.45, 7) is 3.98. The van der Waals surface area contributed by atoms with Crippen LogP contribution in [-0.2, 0) is 10.0 Å². The molecule has 1 saturated heterocycles. The number of sulfonamides is 1.